The summed E-state index contributed by atoms with van der Waals surface area (Å²) in [6.07, 6.45) is 0.819. The van der Waals surface area contributed by atoms with Gasteiger partial charge in [0.25, 0.3) is 0 Å². The van der Waals surface area contributed by atoms with Crippen molar-refractivity contribution in [1.29, 1.82) is 0 Å². The Balaban J connectivity index is 1.93. The van der Waals surface area contributed by atoms with Crippen LogP contribution in [0.2, 0.25) is 10.0 Å². The number of para-hydroxylation sites is 1. The van der Waals surface area contributed by atoms with E-state index in [0.717, 1.165) is 22.9 Å². The van der Waals surface area contributed by atoms with Gasteiger partial charge in [-0.3, -0.25) is 9.59 Å². The number of nitrogens with one attached hydrogen (secondary N) is 1. The number of fused-ring (bicyclic) bond motifs is 1. The Morgan fingerprint density at radius 3 is 2.67 bits per heavy atom. The number of hydrogen-bond acceptors (Lipinski definition) is 2. The van der Waals surface area contributed by atoms with E-state index in [-0.39, 0.29) is 12.5 Å². The minimum Gasteiger partial charge on any atom is -0.335 e. The molecule has 0 radical (unpaired) electrons. The van der Waals surface area contributed by atoms with Gasteiger partial charge in [0, 0.05) is 22.2 Å². The van der Waals surface area contributed by atoms with Gasteiger partial charge < -0.3 is 9.88 Å². The van der Waals surface area contributed by atoms with E-state index in [1.54, 1.807) is 18.2 Å². The molecule has 0 saturated carbocycles. The summed E-state index contributed by atoms with van der Waals surface area (Å²) >= 11 is 12.0. The third-order valence-corrected chi connectivity index (χ3v) is 4.74. The molecule has 0 atom stereocenters. The first-order valence-electron chi connectivity index (χ1n) is 7.29. The fourth-order valence-electron chi connectivity index (χ4n) is 2.74. The number of benzene rings is 2. The highest BCUT2D eigenvalue weighted by atomic mass is 35.5. The lowest BCUT2D eigenvalue weighted by Gasteiger charge is -2.11. The van der Waals surface area contributed by atoms with E-state index in [1.807, 2.05) is 35.8 Å². The Kier molecular flexibility index (Phi) is 4.60. The van der Waals surface area contributed by atoms with Crippen LogP contribution in [0.1, 0.15) is 16.1 Å². The standard InChI is InChI=1S/C18H14Cl2N2O2/c1-11-13(10-23)12-5-2-3-8-16(12)22(11)9-17(24)21-15-7-4-6-14(19)18(15)20/h2-8,10H,9H2,1H3,(H,21,24). The number of amides is 1. The van der Waals surface area contributed by atoms with Gasteiger partial charge in [0.1, 0.15) is 6.54 Å². The normalized spacial score (nSPS) is 10.8. The number of rotatable bonds is 4. The SMILES string of the molecule is Cc1c(C=O)c2ccccc2n1CC(=O)Nc1cccc(Cl)c1Cl. The Morgan fingerprint density at radius 2 is 1.92 bits per heavy atom. The number of carbonyl (C=O) groups excluding carboxylic acids is 2. The molecule has 0 aliphatic heterocycles. The molecule has 1 aromatic heterocycles. The van der Waals surface area contributed by atoms with E-state index in [1.165, 1.54) is 0 Å². The van der Waals surface area contributed by atoms with Gasteiger partial charge >= 0.3 is 0 Å². The summed E-state index contributed by atoms with van der Waals surface area (Å²) in [5, 5.41) is 4.26. The summed E-state index contributed by atoms with van der Waals surface area (Å²) in [7, 11) is 0. The molecule has 24 heavy (non-hydrogen) atoms. The largest absolute Gasteiger partial charge is 0.335 e. The summed E-state index contributed by atoms with van der Waals surface area (Å²) in [6, 6.07) is 12.5. The first kappa shape index (κ1) is 16.6. The molecular formula is C18H14Cl2N2O2. The van der Waals surface area contributed by atoms with Crippen molar-refractivity contribution in [2.24, 2.45) is 0 Å². The van der Waals surface area contributed by atoms with Gasteiger partial charge in [0.05, 0.1) is 15.7 Å². The number of halogens is 2. The topological polar surface area (TPSA) is 51.1 Å². The number of nitrogens with zero attached hydrogens (tertiary/aromatic N) is 1. The summed E-state index contributed by atoms with van der Waals surface area (Å²) in [5.74, 6) is -0.250. The molecule has 3 aromatic rings. The van der Waals surface area contributed by atoms with E-state index in [2.05, 4.69) is 5.32 Å². The molecule has 0 bridgehead atoms. The maximum atomic E-state index is 12.4. The van der Waals surface area contributed by atoms with Crippen molar-refractivity contribution in [3.8, 4) is 0 Å². The lowest BCUT2D eigenvalue weighted by Crippen LogP contribution is -2.19. The Morgan fingerprint density at radius 1 is 1.17 bits per heavy atom. The highest BCUT2D eigenvalue weighted by molar-refractivity contribution is 6.44. The number of carbonyl (C=O) groups is 2. The van der Waals surface area contributed by atoms with Gasteiger partial charge in [-0.2, -0.15) is 0 Å². The van der Waals surface area contributed by atoms with Crippen molar-refractivity contribution >= 4 is 52.0 Å². The first-order chi connectivity index (χ1) is 11.5. The maximum absolute atomic E-state index is 12.4. The number of aromatic nitrogens is 1. The van der Waals surface area contributed by atoms with E-state index in [9.17, 15) is 9.59 Å². The fraction of sp³-hybridized carbons (Fsp3) is 0.111. The average molecular weight is 361 g/mol. The van der Waals surface area contributed by atoms with Gasteiger partial charge in [-0.25, -0.2) is 0 Å². The van der Waals surface area contributed by atoms with E-state index in [0.29, 0.717) is 21.3 Å². The lowest BCUT2D eigenvalue weighted by molar-refractivity contribution is -0.116. The molecule has 0 aliphatic rings. The summed E-state index contributed by atoms with van der Waals surface area (Å²) in [6.45, 7) is 1.90. The third-order valence-electron chi connectivity index (χ3n) is 3.92. The third kappa shape index (κ3) is 2.90. The molecule has 2 aromatic carbocycles. The van der Waals surface area contributed by atoms with Crippen molar-refractivity contribution in [2.45, 2.75) is 13.5 Å². The van der Waals surface area contributed by atoms with E-state index >= 15 is 0 Å². The van der Waals surface area contributed by atoms with Crippen molar-refractivity contribution in [2.75, 3.05) is 5.32 Å². The zero-order chi connectivity index (χ0) is 17.3. The molecule has 6 heteroatoms. The van der Waals surface area contributed by atoms with Crippen LogP contribution in [0.3, 0.4) is 0 Å². The molecule has 3 rings (SSSR count). The van der Waals surface area contributed by atoms with E-state index < -0.39 is 0 Å². The van der Waals surface area contributed by atoms with Crippen LogP contribution >= 0.6 is 23.2 Å². The van der Waals surface area contributed by atoms with Crippen LogP contribution in [0.25, 0.3) is 10.9 Å². The average Bonchev–Trinajstić information content (AvgIpc) is 2.84. The van der Waals surface area contributed by atoms with Gasteiger partial charge in [-0.1, -0.05) is 47.5 Å². The maximum Gasteiger partial charge on any atom is 0.244 e. The summed E-state index contributed by atoms with van der Waals surface area (Å²) in [4.78, 5) is 23.8. The molecule has 1 heterocycles. The van der Waals surface area contributed by atoms with Crippen LogP contribution in [-0.4, -0.2) is 16.8 Å². The highest BCUT2D eigenvalue weighted by Crippen LogP contribution is 2.30. The fourth-order valence-corrected chi connectivity index (χ4v) is 3.09. The minimum atomic E-state index is -0.250. The van der Waals surface area contributed by atoms with Crippen LogP contribution in [0, 0.1) is 6.92 Å². The van der Waals surface area contributed by atoms with Gasteiger partial charge in [-0.05, 0) is 25.1 Å². The number of hydrogen-bond donors (Lipinski definition) is 1. The van der Waals surface area contributed by atoms with Crippen LogP contribution in [0.4, 0.5) is 5.69 Å². The second kappa shape index (κ2) is 6.67. The Bertz CT molecular complexity index is 948. The second-order valence-electron chi connectivity index (χ2n) is 5.37. The lowest BCUT2D eigenvalue weighted by atomic mass is 10.1. The molecule has 0 spiro atoms. The molecule has 0 saturated heterocycles. The number of aldehydes is 1. The van der Waals surface area contributed by atoms with Gasteiger partial charge in [0.2, 0.25) is 5.91 Å². The molecule has 0 unspecified atom stereocenters. The van der Waals surface area contributed by atoms with Crippen LogP contribution in [0.15, 0.2) is 42.5 Å². The molecule has 0 fully saturated rings. The number of anilines is 1. The highest BCUT2D eigenvalue weighted by Gasteiger charge is 2.16. The molecule has 1 N–H and O–H groups in total. The van der Waals surface area contributed by atoms with Crippen molar-refractivity contribution in [3.05, 3.63) is 63.8 Å². The Labute approximate surface area is 149 Å². The minimum absolute atomic E-state index is 0.0724. The van der Waals surface area contributed by atoms with Gasteiger partial charge in [0.15, 0.2) is 6.29 Å². The zero-order valence-corrected chi connectivity index (χ0v) is 14.4. The van der Waals surface area contributed by atoms with Crippen LogP contribution in [-0.2, 0) is 11.3 Å². The monoisotopic (exact) mass is 360 g/mol. The van der Waals surface area contributed by atoms with Crippen LogP contribution in [0.5, 0.6) is 0 Å². The first-order valence-corrected chi connectivity index (χ1v) is 8.05. The zero-order valence-electron chi connectivity index (χ0n) is 12.8. The molecular weight excluding hydrogens is 347 g/mol. The molecule has 0 aliphatic carbocycles. The summed E-state index contributed by atoms with van der Waals surface area (Å²) in [5.41, 5.74) is 2.64. The summed E-state index contributed by atoms with van der Waals surface area (Å²) < 4.78 is 1.81. The van der Waals surface area contributed by atoms with E-state index in [4.69, 9.17) is 23.2 Å². The van der Waals surface area contributed by atoms with Crippen molar-refractivity contribution < 1.29 is 9.59 Å². The van der Waals surface area contributed by atoms with Crippen LogP contribution < -0.4 is 5.32 Å². The predicted molar refractivity (Wildman–Crippen MR) is 97.2 cm³/mol. The molecule has 1 amide bonds. The van der Waals surface area contributed by atoms with Gasteiger partial charge in [-0.15, -0.1) is 0 Å². The smallest absolute Gasteiger partial charge is 0.244 e. The quantitative estimate of drug-likeness (QED) is 0.685. The Hall–Kier alpha value is -2.30. The van der Waals surface area contributed by atoms with Crippen molar-refractivity contribution in [3.63, 3.8) is 0 Å². The molecule has 4 nitrogen and oxygen atoms in total. The second-order valence-corrected chi connectivity index (χ2v) is 6.15. The van der Waals surface area contributed by atoms with Crippen molar-refractivity contribution in [1.82, 2.24) is 4.57 Å². The predicted octanol–water partition coefficient (Wildman–Crippen LogP) is 4.71. The molecule has 122 valence electrons.